The van der Waals surface area contributed by atoms with Gasteiger partial charge in [-0.3, -0.25) is 9.59 Å². The maximum absolute atomic E-state index is 12.8. The summed E-state index contributed by atoms with van der Waals surface area (Å²) in [7, 11) is 1.68. The van der Waals surface area contributed by atoms with Gasteiger partial charge in [0.2, 0.25) is 5.91 Å². The van der Waals surface area contributed by atoms with Crippen molar-refractivity contribution in [2.75, 3.05) is 31.6 Å². The molecule has 1 aliphatic rings. The minimum atomic E-state index is -0.755. The Morgan fingerprint density at radius 2 is 1.93 bits per heavy atom. The summed E-state index contributed by atoms with van der Waals surface area (Å²) in [6.45, 7) is 2.32. The van der Waals surface area contributed by atoms with Gasteiger partial charge in [0.15, 0.2) is 6.10 Å². The van der Waals surface area contributed by atoms with E-state index in [2.05, 4.69) is 0 Å². The summed E-state index contributed by atoms with van der Waals surface area (Å²) in [5.74, 6) is 0.760. The highest BCUT2D eigenvalue weighted by atomic mass is 35.5. The van der Waals surface area contributed by atoms with Gasteiger partial charge in [-0.15, -0.1) is 0 Å². The number of rotatable bonds is 5. The number of anilines is 1. The first kappa shape index (κ1) is 19.0. The first-order valence-corrected chi connectivity index (χ1v) is 9.01. The molecule has 2 aromatic rings. The lowest BCUT2D eigenvalue weighted by atomic mass is 10.1. The molecule has 0 bridgehead atoms. The van der Waals surface area contributed by atoms with Crippen LogP contribution < -0.4 is 14.4 Å². The van der Waals surface area contributed by atoms with Crippen LogP contribution in [0.15, 0.2) is 48.5 Å². The Balaban J connectivity index is 1.61. The van der Waals surface area contributed by atoms with Crippen LogP contribution in [0.5, 0.6) is 11.5 Å². The molecule has 3 rings (SSSR count). The Labute approximate surface area is 163 Å². The second kappa shape index (κ2) is 8.31. The summed E-state index contributed by atoms with van der Waals surface area (Å²) in [6, 6.07) is 14.4. The monoisotopic (exact) mass is 388 g/mol. The lowest BCUT2D eigenvalue weighted by Gasteiger charge is -2.35. The summed E-state index contributed by atoms with van der Waals surface area (Å²) in [5, 5.41) is 0.524. The van der Waals surface area contributed by atoms with Crippen molar-refractivity contribution in [1.29, 1.82) is 0 Å². The molecule has 1 unspecified atom stereocenters. The van der Waals surface area contributed by atoms with E-state index in [0.717, 1.165) is 0 Å². The molecule has 1 aliphatic heterocycles. The Bertz CT molecular complexity index is 842. The maximum atomic E-state index is 12.8. The molecule has 2 amide bonds. The van der Waals surface area contributed by atoms with E-state index in [0.29, 0.717) is 35.4 Å². The molecule has 142 valence electrons. The van der Waals surface area contributed by atoms with Crippen LogP contribution in [0.25, 0.3) is 0 Å². The number of carbonyl (C=O) groups is 2. The molecule has 0 aromatic heterocycles. The van der Waals surface area contributed by atoms with Crippen LogP contribution in [-0.2, 0) is 9.59 Å². The van der Waals surface area contributed by atoms with Crippen LogP contribution in [0, 0.1) is 0 Å². The molecule has 27 heavy (non-hydrogen) atoms. The van der Waals surface area contributed by atoms with Crippen molar-refractivity contribution in [2.24, 2.45) is 0 Å². The van der Waals surface area contributed by atoms with Crippen LogP contribution in [-0.4, -0.2) is 49.6 Å². The summed E-state index contributed by atoms with van der Waals surface area (Å²) < 4.78 is 11.5. The lowest BCUT2D eigenvalue weighted by Crippen LogP contribution is -2.51. The van der Waals surface area contributed by atoms with Gasteiger partial charge in [0, 0.05) is 14.0 Å². The Kier molecular flexibility index (Phi) is 5.86. The van der Waals surface area contributed by atoms with Crippen LogP contribution in [0.1, 0.15) is 6.92 Å². The fraction of sp³-hybridized carbons (Fsp3) is 0.300. The number of nitrogens with zero attached hydrogens (tertiary/aromatic N) is 2. The molecule has 0 saturated carbocycles. The van der Waals surface area contributed by atoms with Crippen molar-refractivity contribution in [3.05, 3.63) is 53.6 Å². The van der Waals surface area contributed by atoms with E-state index in [1.54, 1.807) is 36.2 Å². The largest absolute Gasteiger partial charge is 0.490 e. The third-order valence-electron chi connectivity index (χ3n) is 4.33. The highest BCUT2D eigenvalue weighted by molar-refractivity contribution is 6.32. The second-order valence-electron chi connectivity index (χ2n) is 6.24. The highest BCUT2D eigenvalue weighted by Gasteiger charge is 2.33. The molecule has 0 N–H and O–H groups in total. The number of likely N-dealkylation sites (N-methyl/N-ethyl adjacent to an activating group) is 1. The Morgan fingerprint density at radius 1 is 1.22 bits per heavy atom. The molecule has 0 aliphatic carbocycles. The molecule has 0 saturated heterocycles. The number of halogens is 1. The first-order valence-electron chi connectivity index (χ1n) is 8.63. The summed E-state index contributed by atoms with van der Waals surface area (Å²) in [5.41, 5.74) is 0.679. The highest BCUT2D eigenvalue weighted by Crippen LogP contribution is 2.33. The number of para-hydroxylation sites is 3. The Hall–Kier alpha value is -2.73. The van der Waals surface area contributed by atoms with Gasteiger partial charge in [-0.25, -0.2) is 0 Å². The second-order valence-corrected chi connectivity index (χ2v) is 6.65. The minimum absolute atomic E-state index is 0.131. The van der Waals surface area contributed by atoms with Crippen molar-refractivity contribution in [2.45, 2.75) is 13.0 Å². The maximum Gasteiger partial charge on any atom is 0.265 e. The molecular weight excluding hydrogens is 368 g/mol. The predicted octanol–water partition coefficient (Wildman–Crippen LogP) is 2.99. The number of benzene rings is 2. The van der Waals surface area contributed by atoms with Gasteiger partial charge in [-0.2, -0.15) is 0 Å². The van der Waals surface area contributed by atoms with Crippen LogP contribution in [0.3, 0.4) is 0 Å². The van der Waals surface area contributed by atoms with Gasteiger partial charge >= 0.3 is 0 Å². The third kappa shape index (κ3) is 4.34. The SMILES string of the molecule is CC(=O)N1CC(C(=O)N(C)CCOc2ccccc2Cl)Oc2ccccc21. The van der Waals surface area contributed by atoms with Gasteiger partial charge in [-0.1, -0.05) is 35.9 Å². The average molecular weight is 389 g/mol. The topological polar surface area (TPSA) is 59.1 Å². The van der Waals surface area contributed by atoms with Crippen molar-refractivity contribution < 1.29 is 19.1 Å². The molecule has 0 spiro atoms. The molecule has 1 heterocycles. The molecule has 1 atom stereocenters. The summed E-state index contributed by atoms with van der Waals surface area (Å²) >= 11 is 6.05. The van der Waals surface area contributed by atoms with Crippen LogP contribution in [0.2, 0.25) is 5.02 Å². The molecule has 0 radical (unpaired) electrons. The number of amides is 2. The van der Waals surface area contributed by atoms with E-state index in [4.69, 9.17) is 21.1 Å². The number of fused-ring (bicyclic) bond motifs is 1. The van der Waals surface area contributed by atoms with Gasteiger partial charge in [-0.05, 0) is 24.3 Å². The predicted molar refractivity (Wildman–Crippen MR) is 103 cm³/mol. The zero-order valence-corrected chi connectivity index (χ0v) is 16.0. The van der Waals surface area contributed by atoms with E-state index < -0.39 is 6.10 Å². The van der Waals surface area contributed by atoms with E-state index in [1.165, 1.54) is 11.8 Å². The van der Waals surface area contributed by atoms with Gasteiger partial charge < -0.3 is 19.3 Å². The smallest absolute Gasteiger partial charge is 0.265 e. The average Bonchev–Trinajstić information content (AvgIpc) is 2.67. The summed E-state index contributed by atoms with van der Waals surface area (Å²) in [4.78, 5) is 27.8. The zero-order chi connectivity index (χ0) is 19.4. The van der Waals surface area contributed by atoms with Gasteiger partial charge in [0.1, 0.15) is 18.1 Å². The van der Waals surface area contributed by atoms with Crippen LogP contribution >= 0.6 is 11.6 Å². The number of hydrogen-bond donors (Lipinski definition) is 0. The van der Waals surface area contributed by atoms with E-state index >= 15 is 0 Å². The van der Waals surface area contributed by atoms with Gasteiger partial charge in [0.05, 0.1) is 23.8 Å². The normalized spacial score (nSPS) is 15.5. The quantitative estimate of drug-likeness (QED) is 0.790. The molecule has 6 nitrogen and oxygen atoms in total. The number of hydrogen-bond acceptors (Lipinski definition) is 4. The molecule has 2 aromatic carbocycles. The molecular formula is C20H21ClN2O4. The fourth-order valence-corrected chi connectivity index (χ4v) is 3.06. The lowest BCUT2D eigenvalue weighted by molar-refractivity contribution is -0.137. The molecule has 0 fully saturated rings. The zero-order valence-electron chi connectivity index (χ0n) is 15.2. The Morgan fingerprint density at radius 3 is 2.67 bits per heavy atom. The third-order valence-corrected chi connectivity index (χ3v) is 4.64. The van der Waals surface area contributed by atoms with E-state index in [1.807, 2.05) is 24.3 Å². The van der Waals surface area contributed by atoms with Crippen LogP contribution in [0.4, 0.5) is 5.69 Å². The first-order chi connectivity index (χ1) is 13.0. The van der Waals surface area contributed by atoms with Crippen molar-refractivity contribution in [3.8, 4) is 11.5 Å². The van der Waals surface area contributed by atoms with Gasteiger partial charge in [0.25, 0.3) is 5.91 Å². The van der Waals surface area contributed by atoms with E-state index in [9.17, 15) is 9.59 Å². The standard InChI is InChI=1S/C20H21ClN2O4/c1-14(24)23-13-19(27-18-10-6-4-8-16(18)23)20(25)22(2)11-12-26-17-9-5-3-7-15(17)21/h3-10,19H,11-13H2,1-2H3. The van der Waals surface area contributed by atoms with Crippen molar-refractivity contribution in [1.82, 2.24) is 4.90 Å². The number of ether oxygens (including phenoxy) is 2. The van der Waals surface area contributed by atoms with Crippen molar-refractivity contribution >= 4 is 29.1 Å². The van der Waals surface area contributed by atoms with Crippen molar-refractivity contribution in [3.63, 3.8) is 0 Å². The number of carbonyl (C=O) groups excluding carboxylic acids is 2. The van der Waals surface area contributed by atoms with E-state index in [-0.39, 0.29) is 18.4 Å². The fourth-order valence-electron chi connectivity index (χ4n) is 2.87. The molecule has 7 heteroatoms. The summed E-state index contributed by atoms with van der Waals surface area (Å²) in [6.07, 6.45) is -0.755. The minimum Gasteiger partial charge on any atom is -0.490 e.